The molecule has 5 heteroatoms. The summed E-state index contributed by atoms with van der Waals surface area (Å²) < 4.78 is 5.01. The highest BCUT2D eigenvalue weighted by Crippen LogP contribution is 2.21. The predicted octanol–water partition coefficient (Wildman–Crippen LogP) is 4.11. The first-order chi connectivity index (χ1) is 13.2. The fourth-order valence-corrected chi connectivity index (χ4v) is 2.68. The zero-order valence-electron chi connectivity index (χ0n) is 15.0. The number of amides is 1. The average Bonchev–Trinajstić information content (AvgIpc) is 2.73. The molecule has 0 N–H and O–H groups in total. The van der Waals surface area contributed by atoms with E-state index < -0.39 is 0 Å². The van der Waals surface area contributed by atoms with E-state index in [2.05, 4.69) is 4.98 Å². The SMILES string of the molecule is CCOC(=O)c1ccc(N(Cc2ccncc2)C(=O)c2ccccc2)cc1. The summed E-state index contributed by atoms with van der Waals surface area (Å²) in [6.45, 7) is 2.48. The maximum atomic E-state index is 13.1. The molecule has 3 rings (SSSR count). The first kappa shape index (κ1) is 18.3. The van der Waals surface area contributed by atoms with Crippen molar-refractivity contribution in [2.45, 2.75) is 13.5 Å². The van der Waals surface area contributed by atoms with E-state index >= 15 is 0 Å². The van der Waals surface area contributed by atoms with Crippen LogP contribution in [0.5, 0.6) is 0 Å². The minimum Gasteiger partial charge on any atom is -0.462 e. The molecule has 0 saturated carbocycles. The molecule has 0 aliphatic rings. The Morgan fingerprint density at radius 1 is 0.889 bits per heavy atom. The van der Waals surface area contributed by atoms with E-state index in [-0.39, 0.29) is 11.9 Å². The van der Waals surface area contributed by atoms with E-state index in [4.69, 9.17) is 4.74 Å². The third kappa shape index (κ3) is 4.58. The molecule has 136 valence electrons. The van der Waals surface area contributed by atoms with Crippen molar-refractivity contribution in [3.8, 4) is 0 Å². The Balaban J connectivity index is 1.91. The largest absolute Gasteiger partial charge is 0.462 e. The molecule has 0 bridgehead atoms. The molecular formula is C22H20N2O3. The molecule has 0 atom stereocenters. The molecule has 0 unspecified atom stereocenters. The highest BCUT2D eigenvalue weighted by Gasteiger charge is 2.18. The second-order valence-electron chi connectivity index (χ2n) is 5.88. The zero-order chi connectivity index (χ0) is 19.1. The van der Waals surface area contributed by atoms with Crippen molar-refractivity contribution in [2.24, 2.45) is 0 Å². The van der Waals surface area contributed by atoms with Gasteiger partial charge in [0.25, 0.3) is 5.91 Å². The summed E-state index contributed by atoms with van der Waals surface area (Å²) in [5, 5.41) is 0. The van der Waals surface area contributed by atoms with Gasteiger partial charge < -0.3 is 9.64 Å². The van der Waals surface area contributed by atoms with Gasteiger partial charge in [-0.2, -0.15) is 0 Å². The lowest BCUT2D eigenvalue weighted by atomic mass is 10.1. The van der Waals surface area contributed by atoms with E-state index in [0.717, 1.165) is 5.56 Å². The number of rotatable bonds is 6. The number of carbonyl (C=O) groups excluding carboxylic acids is 2. The monoisotopic (exact) mass is 360 g/mol. The smallest absolute Gasteiger partial charge is 0.338 e. The van der Waals surface area contributed by atoms with Crippen LogP contribution in [-0.4, -0.2) is 23.5 Å². The van der Waals surface area contributed by atoms with Crippen LogP contribution in [0.3, 0.4) is 0 Å². The standard InChI is InChI=1S/C22H20N2O3/c1-2-27-22(26)19-8-10-20(11-9-19)24(16-17-12-14-23-15-13-17)21(25)18-6-4-3-5-7-18/h3-15H,2,16H2,1H3. The number of hydrogen-bond donors (Lipinski definition) is 0. The molecule has 1 heterocycles. The van der Waals surface area contributed by atoms with Crippen molar-refractivity contribution in [3.63, 3.8) is 0 Å². The van der Waals surface area contributed by atoms with E-state index in [0.29, 0.717) is 30.0 Å². The van der Waals surface area contributed by atoms with Crippen LogP contribution in [-0.2, 0) is 11.3 Å². The summed E-state index contributed by atoms with van der Waals surface area (Å²) in [7, 11) is 0. The molecule has 5 nitrogen and oxygen atoms in total. The number of anilines is 1. The molecule has 1 aromatic heterocycles. The first-order valence-electron chi connectivity index (χ1n) is 8.72. The van der Waals surface area contributed by atoms with Crippen LogP contribution >= 0.6 is 0 Å². The molecule has 1 amide bonds. The summed E-state index contributed by atoms with van der Waals surface area (Å²) >= 11 is 0. The van der Waals surface area contributed by atoms with Gasteiger partial charge in [0.2, 0.25) is 0 Å². The van der Waals surface area contributed by atoms with Crippen LogP contribution in [0.15, 0.2) is 79.1 Å². The summed E-state index contributed by atoms with van der Waals surface area (Å²) in [5.74, 6) is -0.490. The third-order valence-corrected chi connectivity index (χ3v) is 4.05. The van der Waals surface area contributed by atoms with Crippen molar-refractivity contribution < 1.29 is 14.3 Å². The summed E-state index contributed by atoms with van der Waals surface area (Å²) in [6, 6.07) is 19.7. The number of aromatic nitrogens is 1. The van der Waals surface area contributed by atoms with Crippen LogP contribution in [0.25, 0.3) is 0 Å². The molecule has 0 saturated heterocycles. The van der Waals surface area contributed by atoms with Gasteiger partial charge in [-0.25, -0.2) is 4.79 Å². The Bertz CT molecular complexity index is 894. The van der Waals surface area contributed by atoms with Gasteiger partial charge in [-0.15, -0.1) is 0 Å². The average molecular weight is 360 g/mol. The van der Waals surface area contributed by atoms with Gasteiger partial charge in [0.05, 0.1) is 18.7 Å². The van der Waals surface area contributed by atoms with Crippen LogP contribution in [0.2, 0.25) is 0 Å². The Morgan fingerprint density at radius 2 is 1.56 bits per heavy atom. The molecule has 0 aliphatic carbocycles. The topological polar surface area (TPSA) is 59.5 Å². The molecule has 0 spiro atoms. The van der Waals surface area contributed by atoms with Gasteiger partial charge >= 0.3 is 5.97 Å². The van der Waals surface area contributed by atoms with E-state index in [1.165, 1.54) is 0 Å². The van der Waals surface area contributed by atoms with Crippen molar-refractivity contribution in [2.75, 3.05) is 11.5 Å². The second-order valence-corrected chi connectivity index (χ2v) is 5.88. The van der Waals surface area contributed by atoms with Crippen molar-refractivity contribution in [1.82, 2.24) is 4.98 Å². The highest BCUT2D eigenvalue weighted by atomic mass is 16.5. The normalized spacial score (nSPS) is 10.3. The second kappa shape index (κ2) is 8.76. The lowest BCUT2D eigenvalue weighted by Gasteiger charge is -2.23. The van der Waals surface area contributed by atoms with Crippen molar-refractivity contribution in [1.29, 1.82) is 0 Å². The molecule has 0 radical (unpaired) electrons. The Hall–Kier alpha value is -3.47. The van der Waals surface area contributed by atoms with Gasteiger partial charge in [0.1, 0.15) is 0 Å². The fourth-order valence-electron chi connectivity index (χ4n) is 2.68. The van der Waals surface area contributed by atoms with E-state index in [9.17, 15) is 9.59 Å². The van der Waals surface area contributed by atoms with Crippen LogP contribution < -0.4 is 4.90 Å². The van der Waals surface area contributed by atoms with Gasteiger partial charge in [-0.1, -0.05) is 18.2 Å². The van der Waals surface area contributed by atoms with Crippen LogP contribution in [0.4, 0.5) is 5.69 Å². The maximum absolute atomic E-state index is 13.1. The number of hydrogen-bond acceptors (Lipinski definition) is 4. The minimum absolute atomic E-state index is 0.115. The minimum atomic E-state index is -0.376. The van der Waals surface area contributed by atoms with Gasteiger partial charge in [-0.3, -0.25) is 9.78 Å². The fraction of sp³-hybridized carbons (Fsp3) is 0.136. The first-order valence-corrected chi connectivity index (χ1v) is 8.72. The van der Waals surface area contributed by atoms with Gasteiger partial charge in [-0.05, 0) is 61.0 Å². The quantitative estimate of drug-likeness (QED) is 0.621. The third-order valence-electron chi connectivity index (χ3n) is 4.05. The Morgan fingerprint density at radius 3 is 2.19 bits per heavy atom. The maximum Gasteiger partial charge on any atom is 0.338 e. The highest BCUT2D eigenvalue weighted by molar-refractivity contribution is 6.06. The predicted molar refractivity (Wildman–Crippen MR) is 104 cm³/mol. The number of carbonyl (C=O) groups is 2. The molecule has 3 aromatic rings. The summed E-state index contributed by atoms with van der Waals surface area (Å²) in [5.41, 5.74) is 2.72. The number of esters is 1. The number of benzene rings is 2. The molecular weight excluding hydrogens is 340 g/mol. The Kier molecular flexibility index (Phi) is 5.94. The van der Waals surface area contributed by atoms with Crippen molar-refractivity contribution >= 4 is 17.6 Å². The molecule has 27 heavy (non-hydrogen) atoms. The summed E-state index contributed by atoms with van der Waals surface area (Å²) in [4.78, 5) is 30.7. The van der Waals surface area contributed by atoms with Gasteiger partial charge in [0.15, 0.2) is 0 Å². The van der Waals surface area contributed by atoms with Crippen LogP contribution in [0.1, 0.15) is 33.2 Å². The molecule has 0 fully saturated rings. The van der Waals surface area contributed by atoms with E-state index in [1.54, 1.807) is 60.6 Å². The van der Waals surface area contributed by atoms with Gasteiger partial charge in [0, 0.05) is 23.6 Å². The summed E-state index contributed by atoms with van der Waals surface area (Å²) in [6.07, 6.45) is 3.40. The Labute approximate surface area is 158 Å². The zero-order valence-corrected chi connectivity index (χ0v) is 15.0. The molecule has 0 aliphatic heterocycles. The van der Waals surface area contributed by atoms with E-state index in [1.807, 2.05) is 30.3 Å². The lowest BCUT2D eigenvalue weighted by molar-refractivity contribution is 0.0526. The number of pyridine rings is 1. The van der Waals surface area contributed by atoms with Crippen LogP contribution in [0, 0.1) is 0 Å². The molecule has 2 aromatic carbocycles. The number of nitrogens with zero attached hydrogens (tertiary/aromatic N) is 2. The lowest BCUT2D eigenvalue weighted by Crippen LogP contribution is -2.30. The number of ether oxygens (including phenoxy) is 1. The van der Waals surface area contributed by atoms with Crippen molar-refractivity contribution in [3.05, 3.63) is 95.8 Å².